The minimum absolute atomic E-state index is 0.187. The Kier molecular flexibility index (Phi) is 6.73. The van der Waals surface area contributed by atoms with Gasteiger partial charge >= 0.3 is 5.97 Å². The summed E-state index contributed by atoms with van der Waals surface area (Å²) in [5.74, 6) is -0.848. The molecule has 140 valence electrons. The Labute approximate surface area is 165 Å². The fraction of sp³-hybridized carbons (Fsp3) is 0.263. The number of esters is 1. The van der Waals surface area contributed by atoms with Gasteiger partial charge in [0, 0.05) is 12.6 Å². The number of pyridine rings is 1. The van der Waals surface area contributed by atoms with E-state index in [9.17, 15) is 9.59 Å². The summed E-state index contributed by atoms with van der Waals surface area (Å²) in [4.78, 5) is 32.0. The molecule has 2 aromatic heterocycles. The highest BCUT2D eigenvalue weighted by Crippen LogP contribution is 2.23. The molecule has 1 amide bonds. The lowest BCUT2D eigenvalue weighted by molar-refractivity contribution is -0.147. The predicted molar refractivity (Wildman–Crippen MR) is 106 cm³/mol. The van der Waals surface area contributed by atoms with Crippen molar-refractivity contribution in [3.8, 4) is 0 Å². The molecule has 2 heterocycles. The van der Waals surface area contributed by atoms with Gasteiger partial charge in [-0.1, -0.05) is 23.7 Å². The van der Waals surface area contributed by atoms with Crippen LogP contribution in [-0.2, 0) is 20.7 Å². The third-order valence-electron chi connectivity index (χ3n) is 3.76. The van der Waals surface area contributed by atoms with E-state index in [2.05, 4.69) is 21.4 Å². The van der Waals surface area contributed by atoms with Crippen molar-refractivity contribution >= 4 is 50.7 Å². The molecule has 0 aliphatic heterocycles. The molecule has 3 aromatic rings. The van der Waals surface area contributed by atoms with E-state index in [1.165, 1.54) is 10.9 Å². The Morgan fingerprint density at radius 3 is 2.81 bits per heavy atom. The molecule has 1 N–H and O–H groups in total. The number of fused-ring (bicyclic) bond motifs is 1. The van der Waals surface area contributed by atoms with Crippen LogP contribution in [0, 0.1) is 0 Å². The maximum atomic E-state index is 11.8. The zero-order valence-corrected chi connectivity index (χ0v) is 16.1. The molecular weight excluding hydrogens is 386 g/mol. The third-order valence-corrected chi connectivity index (χ3v) is 5.15. The van der Waals surface area contributed by atoms with E-state index in [4.69, 9.17) is 16.3 Å². The zero-order chi connectivity index (χ0) is 19.1. The molecule has 0 aliphatic rings. The number of unbranched alkanes of at least 4 members (excludes halogenated alkanes) is 1. The van der Waals surface area contributed by atoms with E-state index in [0.717, 1.165) is 23.4 Å². The van der Waals surface area contributed by atoms with Crippen LogP contribution in [0.5, 0.6) is 0 Å². The number of amides is 1. The molecule has 1 aromatic carbocycles. The molecule has 0 bridgehead atoms. The number of nitrogens with zero attached hydrogens (tertiary/aromatic N) is 2. The number of halogens is 1. The van der Waals surface area contributed by atoms with Crippen LogP contribution in [0.15, 0.2) is 42.6 Å². The predicted octanol–water partition coefficient (Wildman–Crippen LogP) is 4.24. The molecule has 0 spiro atoms. The van der Waals surface area contributed by atoms with Gasteiger partial charge in [0.2, 0.25) is 0 Å². The molecule has 0 saturated carbocycles. The summed E-state index contributed by atoms with van der Waals surface area (Å²) in [6.45, 7) is -0.345. The monoisotopic (exact) mass is 403 g/mol. The summed E-state index contributed by atoms with van der Waals surface area (Å²) in [5.41, 5.74) is 1.40. The Balaban J connectivity index is 1.33. The number of nitrogens with one attached hydrogen (secondary N) is 1. The van der Waals surface area contributed by atoms with Crippen molar-refractivity contribution in [2.75, 3.05) is 11.9 Å². The summed E-state index contributed by atoms with van der Waals surface area (Å²) in [7, 11) is 0. The normalized spacial score (nSPS) is 10.7. The first-order valence-corrected chi connectivity index (χ1v) is 9.72. The second-order valence-corrected chi connectivity index (χ2v) is 7.31. The largest absolute Gasteiger partial charge is 0.456 e. The molecule has 27 heavy (non-hydrogen) atoms. The number of benzene rings is 1. The van der Waals surface area contributed by atoms with E-state index in [-0.39, 0.29) is 18.2 Å². The van der Waals surface area contributed by atoms with Crippen molar-refractivity contribution in [2.45, 2.75) is 25.7 Å². The van der Waals surface area contributed by atoms with Gasteiger partial charge in [0.1, 0.15) is 0 Å². The summed E-state index contributed by atoms with van der Waals surface area (Å²) >= 11 is 7.53. The van der Waals surface area contributed by atoms with Crippen molar-refractivity contribution < 1.29 is 14.3 Å². The third kappa shape index (κ3) is 5.74. The van der Waals surface area contributed by atoms with Crippen molar-refractivity contribution in [1.82, 2.24) is 9.97 Å². The Morgan fingerprint density at radius 2 is 2.00 bits per heavy atom. The van der Waals surface area contributed by atoms with Gasteiger partial charge in [-0.2, -0.15) is 0 Å². The van der Waals surface area contributed by atoms with Gasteiger partial charge in [0.15, 0.2) is 11.8 Å². The Bertz CT molecular complexity index is 912. The molecular formula is C19H18ClN3O3S. The van der Waals surface area contributed by atoms with Crippen LogP contribution in [0.3, 0.4) is 0 Å². The summed E-state index contributed by atoms with van der Waals surface area (Å²) in [6.07, 6.45) is 4.14. The van der Waals surface area contributed by atoms with Crippen LogP contribution in [0.4, 0.5) is 5.69 Å². The van der Waals surface area contributed by atoms with Crippen molar-refractivity contribution in [3.63, 3.8) is 0 Å². The average molecular weight is 404 g/mol. The minimum Gasteiger partial charge on any atom is -0.456 e. The highest BCUT2D eigenvalue weighted by molar-refractivity contribution is 7.18. The van der Waals surface area contributed by atoms with Gasteiger partial charge in [-0.05, 0) is 43.5 Å². The van der Waals surface area contributed by atoms with E-state index < -0.39 is 11.9 Å². The first-order valence-electron chi connectivity index (χ1n) is 8.52. The molecule has 0 aliphatic carbocycles. The Morgan fingerprint density at radius 1 is 1.15 bits per heavy atom. The summed E-state index contributed by atoms with van der Waals surface area (Å²) in [5, 5.41) is 3.80. The molecule has 0 atom stereocenters. The van der Waals surface area contributed by atoms with Crippen molar-refractivity contribution in [2.24, 2.45) is 0 Å². The minimum atomic E-state index is -0.451. The summed E-state index contributed by atoms with van der Waals surface area (Å²) < 4.78 is 6.16. The number of thiazole rings is 1. The quantitative estimate of drug-likeness (QED) is 0.345. The van der Waals surface area contributed by atoms with E-state index in [1.807, 2.05) is 18.2 Å². The number of hydrogen-bond acceptors (Lipinski definition) is 6. The SMILES string of the molecule is O=C(COC(=O)CCCCc1nc2ccccc2s1)Nc1cccnc1Cl. The molecule has 6 nitrogen and oxygen atoms in total. The average Bonchev–Trinajstić information content (AvgIpc) is 3.08. The number of aryl methyl sites for hydroxylation is 1. The van der Waals surface area contributed by atoms with Gasteiger partial charge in [0.25, 0.3) is 5.91 Å². The van der Waals surface area contributed by atoms with Crippen LogP contribution < -0.4 is 5.32 Å². The Hall–Kier alpha value is -2.51. The van der Waals surface area contributed by atoms with Crippen molar-refractivity contribution in [3.05, 3.63) is 52.8 Å². The topological polar surface area (TPSA) is 81.2 Å². The van der Waals surface area contributed by atoms with E-state index in [1.54, 1.807) is 23.5 Å². The lowest BCUT2D eigenvalue weighted by Crippen LogP contribution is -2.21. The van der Waals surface area contributed by atoms with Gasteiger partial charge in [-0.15, -0.1) is 11.3 Å². The molecule has 3 rings (SSSR count). The van der Waals surface area contributed by atoms with Crippen LogP contribution in [-0.4, -0.2) is 28.5 Å². The maximum absolute atomic E-state index is 11.8. The number of aromatic nitrogens is 2. The lowest BCUT2D eigenvalue weighted by Gasteiger charge is -2.07. The van der Waals surface area contributed by atoms with Crippen LogP contribution in [0.2, 0.25) is 5.15 Å². The zero-order valence-electron chi connectivity index (χ0n) is 14.5. The molecule has 0 unspecified atom stereocenters. The standard InChI is InChI=1S/C19H18ClN3O3S/c20-19-14(7-5-11-21-19)22-16(24)12-26-18(25)10-4-3-9-17-23-13-6-1-2-8-15(13)27-17/h1-2,5-8,11H,3-4,9-10,12H2,(H,22,24). The highest BCUT2D eigenvalue weighted by Gasteiger charge is 2.10. The first kappa shape index (κ1) is 19.3. The highest BCUT2D eigenvalue weighted by atomic mass is 35.5. The number of carbonyl (C=O) groups excluding carboxylic acids is 2. The van der Waals surface area contributed by atoms with Crippen molar-refractivity contribution in [1.29, 1.82) is 0 Å². The molecule has 0 saturated heterocycles. The number of ether oxygens (including phenoxy) is 1. The van der Waals surface area contributed by atoms with Gasteiger partial charge in [0.05, 0.1) is 20.9 Å². The number of carbonyl (C=O) groups is 2. The molecule has 8 heteroatoms. The molecule has 0 fully saturated rings. The second-order valence-electron chi connectivity index (χ2n) is 5.83. The number of para-hydroxylation sites is 1. The number of rotatable bonds is 8. The smallest absolute Gasteiger partial charge is 0.306 e. The first-order chi connectivity index (χ1) is 13.1. The van der Waals surface area contributed by atoms with Crippen LogP contribution >= 0.6 is 22.9 Å². The van der Waals surface area contributed by atoms with Crippen LogP contribution in [0.1, 0.15) is 24.3 Å². The number of anilines is 1. The second kappa shape index (κ2) is 9.43. The fourth-order valence-electron chi connectivity index (χ4n) is 2.46. The van der Waals surface area contributed by atoms with Gasteiger partial charge < -0.3 is 10.1 Å². The summed E-state index contributed by atoms with van der Waals surface area (Å²) in [6, 6.07) is 11.3. The van der Waals surface area contributed by atoms with E-state index >= 15 is 0 Å². The fourth-order valence-corrected chi connectivity index (χ4v) is 3.63. The van der Waals surface area contributed by atoms with E-state index in [0.29, 0.717) is 12.1 Å². The lowest BCUT2D eigenvalue weighted by atomic mass is 10.2. The number of hydrogen-bond donors (Lipinski definition) is 1. The maximum Gasteiger partial charge on any atom is 0.306 e. The van der Waals surface area contributed by atoms with Gasteiger partial charge in [-0.25, -0.2) is 9.97 Å². The molecule has 0 radical (unpaired) electrons. The van der Waals surface area contributed by atoms with Crippen LogP contribution in [0.25, 0.3) is 10.2 Å². The van der Waals surface area contributed by atoms with Gasteiger partial charge in [-0.3, -0.25) is 9.59 Å².